The van der Waals surface area contributed by atoms with Crippen LogP contribution in [0.3, 0.4) is 0 Å². The Morgan fingerprint density at radius 3 is 2.30 bits per heavy atom. The number of imide groups is 2. The summed E-state index contributed by atoms with van der Waals surface area (Å²) in [6, 6.07) is 7.26. The van der Waals surface area contributed by atoms with Gasteiger partial charge >= 0.3 is 17.8 Å². The van der Waals surface area contributed by atoms with Crippen LogP contribution in [-0.2, 0) is 14.4 Å². The van der Waals surface area contributed by atoms with Crippen LogP contribution in [0.2, 0.25) is 0 Å². The highest BCUT2D eigenvalue weighted by atomic mass is 16.2. The number of carbonyl (C=O) groups is 4. The molecule has 0 aromatic heterocycles. The SMILES string of the molecule is CCCN1C(=O)C(=O)N(CC(=O)Nc2ccc(C#N)cc2)C1=O. The lowest BCUT2D eigenvalue weighted by atomic mass is 10.2. The summed E-state index contributed by atoms with van der Waals surface area (Å²) in [5.41, 5.74) is 0.860. The van der Waals surface area contributed by atoms with Gasteiger partial charge in [-0.15, -0.1) is 0 Å². The van der Waals surface area contributed by atoms with Gasteiger partial charge in [0.15, 0.2) is 0 Å². The molecule has 1 fully saturated rings. The number of urea groups is 1. The zero-order chi connectivity index (χ0) is 17.0. The predicted octanol–water partition coefficient (Wildman–Crippen LogP) is 0.698. The van der Waals surface area contributed by atoms with Crippen LogP contribution in [0, 0.1) is 11.3 Å². The molecule has 1 N–H and O–H groups in total. The first-order chi connectivity index (χ1) is 11.0. The summed E-state index contributed by atoms with van der Waals surface area (Å²) in [5, 5.41) is 11.2. The van der Waals surface area contributed by atoms with E-state index in [1.165, 1.54) is 24.3 Å². The number of amides is 5. The Morgan fingerprint density at radius 2 is 1.74 bits per heavy atom. The topological polar surface area (TPSA) is 111 Å². The second-order valence-electron chi connectivity index (χ2n) is 4.87. The van der Waals surface area contributed by atoms with Crippen LogP contribution in [-0.4, -0.2) is 46.6 Å². The second-order valence-corrected chi connectivity index (χ2v) is 4.87. The number of nitriles is 1. The molecule has 0 bridgehead atoms. The Bertz CT molecular complexity index is 705. The largest absolute Gasteiger partial charge is 0.334 e. The summed E-state index contributed by atoms with van der Waals surface area (Å²) < 4.78 is 0. The number of anilines is 1. The Kier molecular flexibility index (Phi) is 4.71. The van der Waals surface area contributed by atoms with E-state index in [1.807, 2.05) is 6.07 Å². The molecule has 23 heavy (non-hydrogen) atoms. The van der Waals surface area contributed by atoms with Gasteiger partial charge in [0, 0.05) is 12.2 Å². The number of nitrogens with one attached hydrogen (secondary N) is 1. The molecule has 0 aliphatic carbocycles. The average Bonchev–Trinajstić information content (AvgIpc) is 2.74. The first-order valence-electron chi connectivity index (χ1n) is 6.95. The quantitative estimate of drug-likeness (QED) is 0.635. The highest BCUT2D eigenvalue weighted by molar-refractivity contribution is 6.45. The standard InChI is InChI=1S/C15H14N4O4/c1-2-7-18-13(21)14(22)19(15(18)23)9-12(20)17-11-5-3-10(8-16)4-6-11/h3-6H,2,7,9H2,1H3,(H,17,20). The third-order valence-electron chi connectivity index (χ3n) is 3.18. The van der Waals surface area contributed by atoms with Gasteiger partial charge in [-0.1, -0.05) is 6.92 Å². The number of hydrogen-bond acceptors (Lipinski definition) is 5. The van der Waals surface area contributed by atoms with Crippen LogP contribution < -0.4 is 5.32 Å². The molecule has 1 heterocycles. The van der Waals surface area contributed by atoms with E-state index in [1.54, 1.807) is 6.92 Å². The van der Waals surface area contributed by atoms with E-state index in [0.717, 1.165) is 4.90 Å². The molecule has 5 amide bonds. The third-order valence-corrected chi connectivity index (χ3v) is 3.18. The van der Waals surface area contributed by atoms with Crippen molar-refractivity contribution in [1.29, 1.82) is 5.26 Å². The molecule has 1 saturated heterocycles. The molecular weight excluding hydrogens is 300 g/mol. The van der Waals surface area contributed by atoms with Crippen molar-refractivity contribution in [3.63, 3.8) is 0 Å². The van der Waals surface area contributed by atoms with E-state index in [9.17, 15) is 19.2 Å². The van der Waals surface area contributed by atoms with Crippen LogP contribution in [0.1, 0.15) is 18.9 Å². The first kappa shape index (κ1) is 16.2. The van der Waals surface area contributed by atoms with Crippen molar-refractivity contribution in [2.45, 2.75) is 13.3 Å². The van der Waals surface area contributed by atoms with Gasteiger partial charge < -0.3 is 5.32 Å². The van der Waals surface area contributed by atoms with Crippen LogP contribution in [0.25, 0.3) is 0 Å². The van der Waals surface area contributed by atoms with Crippen LogP contribution >= 0.6 is 0 Å². The van der Waals surface area contributed by atoms with Gasteiger partial charge in [-0.25, -0.2) is 9.69 Å². The number of carbonyl (C=O) groups excluding carboxylic acids is 4. The highest BCUT2D eigenvalue weighted by Crippen LogP contribution is 2.13. The minimum Gasteiger partial charge on any atom is -0.325 e. The summed E-state index contributed by atoms with van der Waals surface area (Å²) in [7, 11) is 0. The molecule has 8 nitrogen and oxygen atoms in total. The van der Waals surface area contributed by atoms with E-state index >= 15 is 0 Å². The maximum atomic E-state index is 12.0. The van der Waals surface area contributed by atoms with Crippen molar-refractivity contribution in [1.82, 2.24) is 9.80 Å². The van der Waals surface area contributed by atoms with Gasteiger partial charge in [-0.2, -0.15) is 5.26 Å². The molecule has 0 atom stereocenters. The molecule has 1 aromatic carbocycles. The molecule has 0 spiro atoms. The zero-order valence-electron chi connectivity index (χ0n) is 12.4. The molecule has 0 radical (unpaired) electrons. The smallest absolute Gasteiger partial charge is 0.325 e. The summed E-state index contributed by atoms with van der Waals surface area (Å²) in [4.78, 5) is 48.8. The fourth-order valence-electron chi connectivity index (χ4n) is 2.08. The van der Waals surface area contributed by atoms with E-state index in [4.69, 9.17) is 5.26 Å². The first-order valence-corrected chi connectivity index (χ1v) is 6.95. The minimum atomic E-state index is -1.00. The highest BCUT2D eigenvalue weighted by Gasteiger charge is 2.44. The lowest BCUT2D eigenvalue weighted by Gasteiger charge is -2.14. The average molecular weight is 314 g/mol. The Balaban J connectivity index is 2.02. The van der Waals surface area contributed by atoms with Gasteiger partial charge in [0.25, 0.3) is 0 Å². The van der Waals surface area contributed by atoms with Crippen molar-refractivity contribution in [2.24, 2.45) is 0 Å². The molecular formula is C15H14N4O4. The van der Waals surface area contributed by atoms with Crippen molar-refractivity contribution in [3.05, 3.63) is 29.8 Å². The minimum absolute atomic E-state index is 0.136. The molecule has 0 saturated carbocycles. The van der Waals surface area contributed by atoms with Crippen molar-refractivity contribution in [2.75, 3.05) is 18.4 Å². The molecule has 1 aliphatic rings. The molecule has 1 aliphatic heterocycles. The van der Waals surface area contributed by atoms with E-state index < -0.39 is 30.3 Å². The van der Waals surface area contributed by atoms with Crippen LogP contribution in [0.5, 0.6) is 0 Å². The molecule has 1 aromatic rings. The van der Waals surface area contributed by atoms with Gasteiger partial charge in [0.05, 0.1) is 11.6 Å². The van der Waals surface area contributed by atoms with Gasteiger partial charge in [0.2, 0.25) is 5.91 Å². The summed E-state index contributed by atoms with van der Waals surface area (Å²) in [6.45, 7) is 1.37. The zero-order valence-corrected chi connectivity index (χ0v) is 12.4. The molecule has 2 rings (SSSR count). The normalized spacial score (nSPS) is 14.2. The lowest BCUT2D eigenvalue weighted by molar-refractivity contribution is -0.143. The van der Waals surface area contributed by atoms with Gasteiger partial charge in [-0.05, 0) is 30.7 Å². The summed E-state index contributed by atoms with van der Waals surface area (Å²) in [6.07, 6.45) is 0.524. The van der Waals surface area contributed by atoms with E-state index in [2.05, 4.69) is 5.32 Å². The van der Waals surface area contributed by atoms with E-state index in [-0.39, 0.29) is 6.54 Å². The van der Waals surface area contributed by atoms with Crippen LogP contribution in [0.4, 0.5) is 10.5 Å². The third kappa shape index (κ3) is 3.35. The number of benzene rings is 1. The number of nitrogens with zero attached hydrogens (tertiary/aromatic N) is 3. The predicted molar refractivity (Wildman–Crippen MR) is 78.9 cm³/mol. The molecule has 118 valence electrons. The summed E-state index contributed by atoms with van der Waals surface area (Å²) in [5.74, 6) is -2.52. The van der Waals surface area contributed by atoms with Crippen molar-refractivity contribution in [3.8, 4) is 6.07 Å². The Labute approximate surface area is 132 Å². The Hall–Kier alpha value is -3.21. The summed E-state index contributed by atoms with van der Waals surface area (Å²) >= 11 is 0. The maximum Gasteiger partial charge on any atom is 0.334 e. The lowest BCUT2D eigenvalue weighted by Crippen LogP contribution is -2.39. The Morgan fingerprint density at radius 1 is 1.13 bits per heavy atom. The van der Waals surface area contributed by atoms with Crippen molar-refractivity contribution < 1.29 is 19.2 Å². The maximum absolute atomic E-state index is 12.0. The molecule has 8 heteroatoms. The fraction of sp³-hybridized carbons (Fsp3) is 0.267. The van der Waals surface area contributed by atoms with Crippen LogP contribution in [0.15, 0.2) is 24.3 Å². The van der Waals surface area contributed by atoms with Crippen molar-refractivity contribution >= 4 is 29.4 Å². The fourth-order valence-corrected chi connectivity index (χ4v) is 2.08. The second kappa shape index (κ2) is 6.70. The number of hydrogen-bond donors (Lipinski definition) is 1. The van der Waals surface area contributed by atoms with Gasteiger partial charge in [-0.3, -0.25) is 19.3 Å². The number of rotatable bonds is 5. The van der Waals surface area contributed by atoms with E-state index in [0.29, 0.717) is 22.6 Å². The monoisotopic (exact) mass is 314 g/mol. The molecule has 0 unspecified atom stereocenters. The van der Waals surface area contributed by atoms with Gasteiger partial charge in [0.1, 0.15) is 6.54 Å².